The van der Waals surface area contributed by atoms with E-state index in [-0.39, 0.29) is 5.75 Å². The molecule has 1 aromatic carbocycles. The van der Waals surface area contributed by atoms with Gasteiger partial charge in [0, 0.05) is 24.2 Å². The summed E-state index contributed by atoms with van der Waals surface area (Å²) >= 11 is 0. The van der Waals surface area contributed by atoms with Crippen LogP contribution in [0, 0.1) is 0 Å². The normalized spacial score (nSPS) is 11.1. The monoisotopic (exact) mass is 261 g/mol. The Labute approximate surface area is 107 Å². The molecule has 0 bridgehead atoms. The van der Waals surface area contributed by atoms with E-state index in [2.05, 4.69) is 14.7 Å². The number of imidazole rings is 1. The predicted octanol–water partition coefficient (Wildman–Crippen LogP) is 3.00. The maximum absolute atomic E-state index is 12.4. The molecule has 0 N–H and O–H groups in total. The minimum absolute atomic E-state index is 0.0981. The summed E-state index contributed by atoms with van der Waals surface area (Å²) in [5, 5.41) is 0. The molecule has 0 aliphatic carbocycles. The second kappa shape index (κ2) is 4.64. The van der Waals surface area contributed by atoms with E-state index < -0.39 is 6.61 Å². The Hall–Kier alpha value is -2.50. The zero-order valence-corrected chi connectivity index (χ0v) is 9.70. The van der Waals surface area contributed by atoms with Gasteiger partial charge in [-0.1, -0.05) is 12.1 Å². The molecule has 19 heavy (non-hydrogen) atoms. The van der Waals surface area contributed by atoms with Gasteiger partial charge in [-0.15, -0.1) is 0 Å². The fourth-order valence-corrected chi connectivity index (χ4v) is 1.84. The predicted molar refractivity (Wildman–Crippen MR) is 65.1 cm³/mol. The van der Waals surface area contributed by atoms with Gasteiger partial charge >= 0.3 is 6.61 Å². The molecule has 0 unspecified atom stereocenters. The summed E-state index contributed by atoms with van der Waals surface area (Å²) in [6, 6.07) is 8.30. The lowest BCUT2D eigenvalue weighted by atomic mass is 10.1. The number of benzene rings is 1. The van der Waals surface area contributed by atoms with E-state index in [1.165, 1.54) is 6.07 Å². The van der Waals surface area contributed by atoms with Crippen LogP contribution in [0.2, 0.25) is 0 Å². The van der Waals surface area contributed by atoms with Crippen molar-refractivity contribution in [3.63, 3.8) is 0 Å². The van der Waals surface area contributed by atoms with E-state index in [0.29, 0.717) is 17.0 Å². The molecular formula is C13H9F2N3O. The van der Waals surface area contributed by atoms with E-state index in [1.807, 2.05) is 0 Å². The summed E-state index contributed by atoms with van der Waals surface area (Å²) in [5.41, 5.74) is 1.04. The number of hydrogen-bond donors (Lipinski definition) is 0. The van der Waals surface area contributed by atoms with Gasteiger partial charge in [0.05, 0.1) is 5.69 Å². The second-order valence-electron chi connectivity index (χ2n) is 3.83. The third kappa shape index (κ3) is 2.24. The quantitative estimate of drug-likeness (QED) is 0.727. The molecule has 6 heteroatoms. The third-order valence-corrected chi connectivity index (χ3v) is 2.61. The Balaban J connectivity index is 2.10. The molecule has 4 nitrogen and oxygen atoms in total. The molecule has 2 heterocycles. The van der Waals surface area contributed by atoms with Crippen LogP contribution in [0.1, 0.15) is 0 Å². The molecule has 3 aromatic rings. The van der Waals surface area contributed by atoms with Crippen molar-refractivity contribution >= 4 is 5.78 Å². The minimum Gasteiger partial charge on any atom is -0.434 e. The van der Waals surface area contributed by atoms with E-state index in [4.69, 9.17) is 0 Å². The first-order valence-electron chi connectivity index (χ1n) is 5.58. The Morgan fingerprint density at radius 3 is 2.79 bits per heavy atom. The van der Waals surface area contributed by atoms with Crippen LogP contribution >= 0.6 is 0 Å². The SMILES string of the molecule is FC(F)Oc1ccccc1-c1cn2cccnc2n1. The number of fused-ring (bicyclic) bond motifs is 1. The summed E-state index contributed by atoms with van der Waals surface area (Å²) < 4.78 is 30.9. The Morgan fingerprint density at radius 2 is 2.00 bits per heavy atom. The van der Waals surface area contributed by atoms with Crippen molar-refractivity contribution in [3.8, 4) is 17.0 Å². The van der Waals surface area contributed by atoms with Gasteiger partial charge in [-0.2, -0.15) is 8.78 Å². The summed E-state index contributed by atoms with van der Waals surface area (Å²) in [6.45, 7) is -2.86. The van der Waals surface area contributed by atoms with Crippen LogP contribution < -0.4 is 4.74 Å². The minimum atomic E-state index is -2.86. The second-order valence-corrected chi connectivity index (χ2v) is 3.83. The smallest absolute Gasteiger partial charge is 0.387 e. The van der Waals surface area contributed by atoms with Crippen LogP contribution in [0.5, 0.6) is 5.75 Å². The molecule has 0 radical (unpaired) electrons. The van der Waals surface area contributed by atoms with Crippen molar-refractivity contribution in [2.45, 2.75) is 6.61 Å². The Kier molecular flexibility index (Phi) is 2.83. The van der Waals surface area contributed by atoms with Gasteiger partial charge in [-0.05, 0) is 18.2 Å². The molecule has 0 saturated carbocycles. The Morgan fingerprint density at radius 1 is 1.16 bits per heavy atom. The number of aromatic nitrogens is 3. The maximum Gasteiger partial charge on any atom is 0.387 e. The highest BCUT2D eigenvalue weighted by Gasteiger charge is 2.13. The van der Waals surface area contributed by atoms with Crippen molar-refractivity contribution < 1.29 is 13.5 Å². The van der Waals surface area contributed by atoms with Crippen LogP contribution in [0.15, 0.2) is 48.9 Å². The molecule has 0 fully saturated rings. The maximum atomic E-state index is 12.4. The third-order valence-electron chi connectivity index (χ3n) is 2.61. The standard InChI is InChI=1S/C13H9F2N3O/c14-12(15)19-11-5-2-1-4-9(11)10-8-18-7-3-6-16-13(18)17-10/h1-8,12H. The zero-order chi connectivity index (χ0) is 13.2. The van der Waals surface area contributed by atoms with E-state index in [1.54, 1.807) is 47.3 Å². The average Bonchev–Trinajstić information content (AvgIpc) is 2.82. The molecule has 0 aliphatic rings. The number of alkyl halides is 2. The molecule has 96 valence electrons. The van der Waals surface area contributed by atoms with Crippen molar-refractivity contribution in [3.05, 3.63) is 48.9 Å². The lowest BCUT2D eigenvalue weighted by Gasteiger charge is -2.08. The zero-order valence-electron chi connectivity index (χ0n) is 9.70. The highest BCUT2D eigenvalue weighted by atomic mass is 19.3. The molecule has 0 saturated heterocycles. The summed E-state index contributed by atoms with van der Waals surface area (Å²) in [4.78, 5) is 8.36. The molecule has 0 aliphatic heterocycles. The van der Waals surface area contributed by atoms with Crippen LogP contribution in [0.3, 0.4) is 0 Å². The van der Waals surface area contributed by atoms with Crippen molar-refractivity contribution in [1.29, 1.82) is 0 Å². The number of nitrogens with zero attached hydrogens (tertiary/aromatic N) is 3. The molecule has 0 atom stereocenters. The van der Waals surface area contributed by atoms with E-state index in [9.17, 15) is 8.78 Å². The lowest BCUT2D eigenvalue weighted by molar-refractivity contribution is -0.0494. The van der Waals surface area contributed by atoms with Crippen molar-refractivity contribution in [1.82, 2.24) is 14.4 Å². The highest BCUT2D eigenvalue weighted by molar-refractivity contribution is 5.68. The van der Waals surface area contributed by atoms with Gasteiger partial charge < -0.3 is 4.74 Å². The number of ether oxygens (including phenoxy) is 1. The first-order chi connectivity index (χ1) is 9.24. The number of rotatable bonds is 3. The largest absolute Gasteiger partial charge is 0.434 e. The van der Waals surface area contributed by atoms with Crippen molar-refractivity contribution in [2.75, 3.05) is 0 Å². The molecule has 3 rings (SSSR count). The first-order valence-corrected chi connectivity index (χ1v) is 5.58. The van der Waals surface area contributed by atoms with Crippen molar-refractivity contribution in [2.24, 2.45) is 0 Å². The summed E-state index contributed by atoms with van der Waals surface area (Å²) in [5.74, 6) is 0.602. The van der Waals surface area contributed by atoms with Gasteiger partial charge in [0.25, 0.3) is 0 Å². The fraction of sp³-hybridized carbons (Fsp3) is 0.0769. The fourth-order valence-electron chi connectivity index (χ4n) is 1.84. The molecule has 2 aromatic heterocycles. The number of para-hydroxylation sites is 1. The summed E-state index contributed by atoms with van der Waals surface area (Å²) in [7, 11) is 0. The van der Waals surface area contributed by atoms with Crippen LogP contribution in [0.25, 0.3) is 17.0 Å². The summed E-state index contributed by atoms with van der Waals surface area (Å²) in [6.07, 6.45) is 5.12. The van der Waals surface area contributed by atoms with E-state index >= 15 is 0 Å². The number of hydrogen-bond acceptors (Lipinski definition) is 3. The van der Waals surface area contributed by atoms with Gasteiger partial charge in [0.15, 0.2) is 0 Å². The van der Waals surface area contributed by atoms with Gasteiger partial charge in [0.1, 0.15) is 5.75 Å². The van der Waals surface area contributed by atoms with Crippen LogP contribution in [-0.4, -0.2) is 21.0 Å². The molecule has 0 spiro atoms. The number of halogens is 2. The van der Waals surface area contributed by atoms with Gasteiger partial charge in [-0.3, -0.25) is 4.40 Å². The van der Waals surface area contributed by atoms with Crippen LogP contribution in [0.4, 0.5) is 8.78 Å². The van der Waals surface area contributed by atoms with Crippen LogP contribution in [-0.2, 0) is 0 Å². The van der Waals surface area contributed by atoms with Gasteiger partial charge in [-0.25, -0.2) is 9.97 Å². The topological polar surface area (TPSA) is 39.4 Å². The molecular weight excluding hydrogens is 252 g/mol. The lowest BCUT2D eigenvalue weighted by Crippen LogP contribution is -2.03. The first kappa shape index (κ1) is 11.6. The Bertz CT molecular complexity index is 679. The molecule has 0 amide bonds. The van der Waals surface area contributed by atoms with E-state index in [0.717, 1.165) is 0 Å². The highest BCUT2D eigenvalue weighted by Crippen LogP contribution is 2.30. The van der Waals surface area contributed by atoms with Gasteiger partial charge in [0.2, 0.25) is 5.78 Å². The average molecular weight is 261 g/mol.